The molecule has 16 heavy (non-hydrogen) atoms. The van der Waals surface area contributed by atoms with E-state index in [2.05, 4.69) is 10.6 Å². The molecular weight excluding hydrogens is 228 g/mol. The number of carbonyl (C=O) groups is 1. The van der Waals surface area contributed by atoms with Crippen LogP contribution >= 0.6 is 12.4 Å². The van der Waals surface area contributed by atoms with E-state index in [0.717, 1.165) is 0 Å². The van der Waals surface area contributed by atoms with E-state index in [1.807, 2.05) is 20.8 Å². The van der Waals surface area contributed by atoms with Crippen LogP contribution in [0.3, 0.4) is 0 Å². The fraction of sp³-hybridized carbons (Fsp3) is 0.909. The molecule has 1 atom stereocenters. The van der Waals surface area contributed by atoms with Gasteiger partial charge < -0.3 is 15.7 Å². The third-order valence-corrected chi connectivity index (χ3v) is 2.62. The van der Waals surface area contributed by atoms with E-state index >= 15 is 0 Å². The van der Waals surface area contributed by atoms with Crippen molar-refractivity contribution in [1.29, 1.82) is 0 Å². The quantitative estimate of drug-likeness (QED) is 0.673. The number of carbonyl (C=O) groups excluding carboxylic acids is 1. The summed E-state index contributed by atoms with van der Waals surface area (Å²) >= 11 is 0. The third kappa shape index (κ3) is 6.30. The summed E-state index contributed by atoms with van der Waals surface area (Å²) in [5, 5.41) is 15.5. The van der Waals surface area contributed by atoms with Gasteiger partial charge in [0.05, 0.1) is 12.6 Å². The Morgan fingerprint density at radius 3 is 2.44 bits per heavy atom. The molecule has 1 saturated carbocycles. The van der Waals surface area contributed by atoms with Crippen LogP contribution in [0.2, 0.25) is 0 Å². The van der Waals surface area contributed by atoms with Crippen LogP contribution in [0.4, 0.5) is 0 Å². The number of hydrogen-bond donors (Lipinski definition) is 3. The number of halogens is 1. The topological polar surface area (TPSA) is 61.4 Å². The lowest BCUT2D eigenvalue weighted by Crippen LogP contribution is -2.42. The Labute approximate surface area is 104 Å². The molecule has 0 saturated heterocycles. The summed E-state index contributed by atoms with van der Waals surface area (Å²) in [5.74, 6) is -0.0369. The number of rotatable bonds is 5. The van der Waals surface area contributed by atoms with E-state index in [1.165, 1.54) is 12.8 Å². The van der Waals surface area contributed by atoms with Crippen molar-refractivity contribution >= 4 is 18.3 Å². The summed E-state index contributed by atoms with van der Waals surface area (Å²) in [6.45, 7) is 6.54. The molecule has 1 fully saturated rings. The minimum absolute atomic E-state index is 0. The van der Waals surface area contributed by atoms with Crippen molar-refractivity contribution in [2.24, 2.45) is 5.41 Å². The normalized spacial score (nSPS) is 17.5. The first-order chi connectivity index (χ1) is 6.89. The van der Waals surface area contributed by atoms with Crippen LogP contribution in [0.25, 0.3) is 0 Å². The molecule has 0 bridgehead atoms. The second-order valence-corrected chi connectivity index (χ2v) is 5.34. The molecule has 0 radical (unpaired) electrons. The molecule has 1 rings (SSSR count). The Kier molecular flexibility index (Phi) is 6.30. The Morgan fingerprint density at radius 1 is 1.44 bits per heavy atom. The predicted molar refractivity (Wildman–Crippen MR) is 66.7 cm³/mol. The molecule has 1 aliphatic rings. The van der Waals surface area contributed by atoms with Crippen molar-refractivity contribution in [3.8, 4) is 0 Å². The zero-order chi connectivity index (χ0) is 11.5. The van der Waals surface area contributed by atoms with Crippen molar-refractivity contribution in [2.75, 3.05) is 13.1 Å². The third-order valence-electron chi connectivity index (χ3n) is 2.62. The SMILES string of the molecule is CC(C)(C)C(O)CNC(=O)CNC1CC1.Cl. The van der Waals surface area contributed by atoms with E-state index in [1.54, 1.807) is 0 Å². The minimum atomic E-state index is -0.498. The maximum absolute atomic E-state index is 11.3. The monoisotopic (exact) mass is 250 g/mol. The molecule has 0 aromatic carbocycles. The van der Waals surface area contributed by atoms with Gasteiger partial charge in [-0.25, -0.2) is 0 Å². The van der Waals surface area contributed by atoms with Gasteiger partial charge in [0, 0.05) is 12.6 Å². The fourth-order valence-corrected chi connectivity index (χ4v) is 1.10. The first kappa shape index (κ1) is 15.7. The minimum Gasteiger partial charge on any atom is -0.391 e. The van der Waals surface area contributed by atoms with Crippen LogP contribution < -0.4 is 10.6 Å². The molecule has 0 spiro atoms. The molecule has 1 amide bonds. The van der Waals surface area contributed by atoms with Gasteiger partial charge in [-0.15, -0.1) is 12.4 Å². The molecule has 0 aliphatic heterocycles. The van der Waals surface area contributed by atoms with Crippen molar-refractivity contribution in [2.45, 2.75) is 45.8 Å². The largest absolute Gasteiger partial charge is 0.391 e. The second-order valence-electron chi connectivity index (χ2n) is 5.34. The van der Waals surface area contributed by atoms with Crippen LogP contribution in [0.15, 0.2) is 0 Å². The second kappa shape index (κ2) is 6.42. The molecule has 0 aromatic heterocycles. The van der Waals surface area contributed by atoms with Crippen molar-refractivity contribution in [3.05, 3.63) is 0 Å². The lowest BCUT2D eigenvalue weighted by Gasteiger charge is -2.25. The highest BCUT2D eigenvalue weighted by Gasteiger charge is 2.23. The lowest BCUT2D eigenvalue weighted by molar-refractivity contribution is -0.121. The van der Waals surface area contributed by atoms with Gasteiger partial charge in [0.15, 0.2) is 0 Å². The Hall–Kier alpha value is -0.320. The molecule has 96 valence electrons. The molecule has 3 N–H and O–H groups in total. The number of amides is 1. The van der Waals surface area contributed by atoms with E-state index in [-0.39, 0.29) is 23.7 Å². The maximum atomic E-state index is 11.3. The number of aliphatic hydroxyl groups is 1. The molecule has 0 aromatic rings. The Balaban J connectivity index is 0.00000225. The van der Waals surface area contributed by atoms with Crippen LogP contribution in [-0.4, -0.2) is 36.2 Å². The van der Waals surface area contributed by atoms with Crippen molar-refractivity contribution in [1.82, 2.24) is 10.6 Å². The first-order valence-electron chi connectivity index (χ1n) is 5.58. The highest BCUT2D eigenvalue weighted by atomic mass is 35.5. The molecular formula is C11H23ClN2O2. The average Bonchev–Trinajstić information content (AvgIpc) is 2.92. The summed E-state index contributed by atoms with van der Waals surface area (Å²) in [6.07, 6.45) is 1.86. The summed E-state index contributed by atoms with van der Waals surface area (Å²) in [7, 11) is 0. The van der Waals surface area contributed by atoms with Crippen LogP contribution in [0, 0.1) is 5.41 Å². The summed E-state index contributed by atoms with van der Waals surface area (Å²) in [4.78, 5) is 11.3. The van der Waals surface area contributed by atoms with Gasteiger partial charge in [-0.2, -0.15) is 0 Å². The molecule has 4 nitrogen and oxygen atoms in total. The first-order valence-corrected chi connectivity index (χ1v) is 5.58. The highest BCUT2D eigenvalue weighted by Crippen LogP contribution is 2.18. The zero-order valence-electron chi connectivity index (χ0n) is 10.2. The van der Waals surface area contributed by atoms with Crippen molar-refractivity contribution < 1.29 is 9.90 Å². The zero-order valence-corrected chi connectivity index (χ0v) is 11.1. The van der Waals surface area contributed by atoms with Gasteiger partial charge >= 0.3 is 0 Å². The fourth-order valence-electron chi connectivity index (χ4n) is 1.10. The van der Waals surface area contributed by atoms with E-state index in [9.17, 15) is 9.90 Å². The summed E-state index contributed by atoms with van der Waals surface area (Å²) < 4.78 is 0. The molecule has 1 aliphatic carbocycles. The summed E-state index contributed by atoms with van der Waals surface area (Å²) in [5.41, 5.74) is -0.183. The molecule has 0 heterocycles. The van der Waals surface area contributed by atoms with E-state index in [4.69, 9.17) is 0 Å². The average molecular weight is 251 g/mol. The van der Waals surface area contributed by atoms with Gasteiger partial charge in [0.1, 0.15) is 0 Å². The predicted octanol–water partition coefficient (Wildman–Crippen LogP) is 0.683. The van der Waals surface area contributed by atoms with Crippen LogP contribution in [0.1, 0.15) is 33.6 Å². The van der Waals surface area contributed by atoms with E-state index < -0.39 is 6.10 Å². The van der Waals surface area contributed by atoms with Gasteiger partial charge in [0.2, 0.25) is 5.91 Å². The molecule has 5 heteroatoms. The number of aliphatic hydroxyl groups excluding tert-OH is 1. The van der Waals surface area contributed by atoms with Gasteiger partial charge in [-0.05, 0) is 18.3 Å². The van der Waals surface area contributed by atoms with Crippen LogP contribution in [0.5, 0.6) is 0 Å². The van der Waals surface area contributed by atoms with E-state index in [0.29, 0.717) is 19.1 Å². The van der Waals surface area contributed by atoms with Gasteiger partial charge in [0.25, 0.3) is 0 Å². The Bertz CT molecular complexity index is 225. The van der Waals surface area contributed by atoms with Crippen LogP contribution in [-0.2, 0) is 4.79 Å². The number of nitrogens with one attached hydrogen (secondary N) is 2. The highest BCUT2D eigenvalue weighted by molar-refractivity contribution is 5.85. The van der Waals surface area contributed by atoms with Gasteiger partial charge in [-0.3, -0.25) is 4.79 Å². The number of hydrogen-bond acceptors (Lipinski definition) is 3. The molecule has 1 unspecified atom stereocenters. The smallest absolute Gasteiger partial charge is 0.234 e. The summed E-state index contributed by atoms with van der Waals surface area (Å²) in [6, 6.07) is 0.545. The standard InChI is InChI=1S/C11H22N2O2.ClH/c1-11(2,3)9(14)6-13-10(15)7-12-8-4-5-8;/h8-9,12,14H,4-7H2,1-3H3,(H,13,15);1H. The maximum Gasteiger partial charge on any atom is 0.234 e. The Morgan fingerprint density at radius 2 is 2.00 bits per heavy atom. The van der Waals surface area contributed by atoms with Crippen molar-refractivity contribution in [3.63, 3.8) is 0 Å². The lowest BCUT2D eigenvalue weighted by atomic mass is 9.89. The van der Waals surface area contributed by atoms with Gasteiger partial charge in [-0.1, -0.05) is 20.8 Å².